The molecule has 0 unspecified atom stereocenters. The Balaban J connectivity index is 2.33. The van der Waals surface area contributed by atoms with E-state index in [0.29, 0.717) is 11.3 Å². The zero-order valence-corrected chi connectivity index (χ0v) is 12.1. The number of anilines is 1. The molecule has 0 aliphatic heterocycles. The van der Waals surface area contributed by atoms with Gasteiger partial charge in [-0.05, 0) is 35.9 Å². The van der Waals surface area contributed by atoms with Gasteiger partial charge < -0.3 is 10.4 Å². The van der Waals surface area contributed by atoms with E-state index in [9.17, 15) is 9.59 Å². The number of nitrogens with one attached hydrogen (secondary N) is 1. The molecule has 0 radical (unpaired) electrons. The molecule has 0 aliphatic rings. The Labute approximate surface area is 121 Å². The molecule has 0 spiro atoms. The van der Waals surface area contributed by atoms with Gasteiger partial charge in [-0.2, -0.15) is 0 Å². The Kier molecular flexibility index (Phi) is 4.20. The van der Waals surface area contributed by atoms with Crippen LogP contribution < -0.4 is 5.32 Å². The highest BCUT2D eigenvalue weighted by atomic mass is 32.1. The number of carboxylic acids is 1. The lowest BCUT2D eigenvalue weighted by Crippen LogP contribution is -2.16. The zero-order chi connectivity index (χ0) is 14.7. The van der Waals surface area contributed by atoms with Gasteiger partial charge in [-0.15, -0.1) is 11.3 Å². The molecule has 0 saturated heterocycles. The Bertz CT molecular complexity index is 661. The van der Waals surface area contributed by atoms with Crippen LogP contribution in [0.25, 0.3) is 0 Å². The third kappa shape index (κ3) is 2.72. The summed E-state index contributed by atoms with van der Waals surface area (Å²) in [6.45, 7) is 3.76. The first-order valence-electron chi connectivity index (χ1n) is 6.25. The molecule has 2 N–H and O–H groups in total. The van der Waals surface area contributed by atoms with Crippen LogP contribution in [0.2, 0.25) is 0 Å². The first kappa shape index (κ1) is 14.3. The molecule has 0 fully saturated rings. The SMILES string of the molecule is CCc1ccccc1C(=O)Nc1c(C)csc1C(=O)O. The second-order valence-corrected chi connectivity index (χ2v) is 5.27. The van der Waals surface area contributed by atoms with E-state index in [2.05, 4.69) is 5.32 Å². The molecule has 2 aromatic rings. The molecule has 2 rings (SSSR count). The molecular formula is C15H15NO3S. The molecular weight excluding hydrogens is 274 g/mol. The maximum absolute atomic E-state index is 12.3. The number of aromatic carboxylic acids is 1. The molecule has 5 heteroatoms. The van der Waals surface area contributed by atoms with Crippen molar-refractivity contribution in [3.63, 3.8) is 0 Å². The highest BCUT2D eigenvalue weighted by molar-refractivity contribution is 7.12. The highest BCUT2D eigenvalue weighted by Crippen LogP contribution is 2.28. The fourth-order valence-electron chi connectivity index (χ4n) is 1.99. The summed E-state index contributed by atoms with van der Waals surface area (Å²) in [6.07, 6.45) is 0.748. The lowest BCUT2D eigenvalue weighted by Gasteiger charge is -2.09. The molecule has 1 aromatic carbocycles. The maximum atomic E-state index is 12.3. The number of carboxylic acid groups (broad SMARTS) is 1. The van der Waals surface area contributed by atoms with Gasteiger partial charge in [-0.25, -0.2) is 4.79 Å². The third-order valence-electron chi connectivity index (χ3n) is 3.05. The smallest absolute Gasteiger partial charge is 0.348 e. The summed E-state index contributed by atoms with van der Waals surface area (Å²) < 4.78 is 0. The van der Waals surface area contributed by atoms with Crippen molar-refractivity contribution in [3.05, 3.63) is 51.2 Å². The zero-order valence-electron chi connectivity index (χ0n) is 11.3. The van der Waals surface area contributed by atoms with Crippen LogP contribution in [0, 0.1) is 6.92 Å². The van der Waals surface area contributed by atoms with Crippen molar-refractivity contribution in [3.8, 4) is 0 Å². The van der Waals surface area contributed by atoms with Crippen molar-refractivity contribution in [2.45, 2.75) is 20.3 Å². The number of hydrogen-bond acceptors (Lipinski definition) is 3. The average molecular weight is 289 g/mol. The Morgan fingerprint density at radius 2 is 2.00 bits per heavy atom. The Hall–Kier alpha value is -2.14. The van der Waals surface area contributed by atoms with Crippen LogP contribution in [0.5, 0.6) is 0 Å². The fourth-order valence-corrected chi connectivity index (χ4v) is 2.83. The quantitative estimate of drug-likeness (QED) is 0.904. The van der Waals surface area contributed by atoms with E-state index in [1.54, 1.807) is 24.4 Å². The normalized spacial score (nSPS) is 10.3. The van der Waals surface area contributed by atoms with Gasteiger partial charge in [-0.3, -0.25) is 4.79 Å². The minimum Gasteiger partial charge on any atom is -0.477 e. The molecule has 104 valence electrons. The molecule has 0 atom stereocenters. The van der Waals surface area contributed by atoms with E-state index in [-0.39, 0.29) is 10.8 Å². The fraction of sp³-hybridized carbons (Fsp3) is 0.200. The third-order valence-corrected chi connectivity index (χ3v) is 4.14. The molecule has 0 aliphatic carbocycles. The first-order chi connectivity index (χ1) is 9.54. The maximum Gasteiger partial charge on any atom is 0.348 e. The lowest BCUT2D eigenvalue weighted by atomic mass is 10.0. The predicted octanol–water partition coefficient (Wildman–Crippen LogP) is 3.57. The van der Waals surface area contributed by atoms with Crippen molar-refractivity contribution in [2.24, 2.45) is 0 Å². The molecule has 0 saturated carbocycles. The Morgan fingerprint density at radius 3 is 2.65 bits per heavy atom. The van der Waals surface area contributed by atoms with E-state index in [1.807, 2.05) is 19.1 Å². The van der Waals surface area contributed by atoms with E-state index in [4.69, 9.17) is 5.11 Å². The molecule has 0 bridgehead atoms. The number of benzene rings is 1. The van der Waals surface area contributed by atoms with Crippen molar-refractivity contribution < 1.29 is 14.7 Å². The molecule has 1 amide bonds. The number of hydrogen-bond donors (Lipinski definition) is 2. The van der Waals surface area contributed by atoms with E-state index >= 15 is 0 Å². The van der Waals surface area contributed by atoms with Crippen molar-refractivity contribution in [1.29, 1.82) is 0 Å². The highest BCUT2D eigenvalue weighted by Gasteiger charge is 2.18. The average Bonchev–Trinajstić information content (AvgIpc) is 2.80. The van der Waals surface area contributed by atoms with Crippen molar-refractivity contribution in [1.82, 2.24) is 0 Å². The van der Waals surface area contributed by atoms with E-state index in [0.717, 1.165) is 28.9 Å². The number of carbonyl (C=O) groups is 2. The number of carbonyl (C=O) groups excluding carboxylic acids is 1. The van der Waals surface area contributed by atoms with Crippen LogP contribution >= 0.6 is 11.3 Å². The van der Waals surface area contributed by atoms with Gasteiger partial charge in [0.05, 0.1) is 5.69 Å². The van der Waals surface area contributed by atoms with Crippen LogP contribution in [-0.2, 0) is 6.42 Å². The van der Waals surface area contributed by atoms with Crippen LogP contribution in [-0.4, -0.2) is 17.0 Å². The van der Waals surface area contributed by atoms with Gasteiger partial charge in [0.1, 0.15) is 4.88 Å². The summed E-state index contributed by atoms with van der Waals surface area (Å²) >= 11 is 1.12. The standard InChI is InChI=1S/C15H15NO3S/c1-3-10-6-4-5-7-11(10)14(17)16-12-9(2)8-20-13(12)15(18)19/h4-8H,3H2,1-2H3,(H,16,17)(H,18,19). The summed E-state index contributed by atoms with van der Waals surface area (Å²) in [5.41, 5.74) is 2.67. The van der Waals surface area contributed by atoms with E-state index < -0.39 is 5.97 Å². The summed E-state index contributed by atoms with van der Waals surface area (Å²) in [5.74, 6) is -1.30. The summed E-state index contributed by atoms with van der Waals surface area (Å²) in [7, 11) is 0. The van der Waals surface area contributed by atoms with Crippen LogP contribution in [0.3, 0.4) is 0 Å². The summed E-state index contributed by atoms with van der Waals surface area (Å²) in [5, 5.41) is 13.6. The number of aryl methyl sites for hydroxylation is 2. The first-order valence-corrected chi connectivity index (χ1v) is 7.13. The number of rotatable bonds is 4. The van der Waals surface area contributed by atoms with Crippen LogP contribution in [0.15, 0.2) is 29.6 Å². The van der Waals surface area contributed by atoms with Crippen molar-refractivity contribution in [2.75, 3.05) is 5.32 Å². The van der Waals surface area contributed by atoms with Crippen LogP contribution in [0.4, 0.5) is 5.69 Å². The number of amides is 1. The Morgan fingerprint density at radius 1 is 1.30 bits per heavy atom. The number of thiophene rings is 1. The minimum absolute atomic E-state index is 0.157. The second-order valence-electron chi connectivity index (χ2n) is 4.39. The van der Waals surface area contributed by atoms with Gasteiger partial charge in [0, 0.05) is 5.56 Å². The largest absolute Gasteiger partial charge is 0.477 e. The minimum atomic E-state index is -1.03. The lowest BCUT2D eigenvalue weighted by molar-refractivity contribution is 0.0703. The van der Waals surface area contributed by atoms with Gasteiger partial charge in [0.15, 0.2) is 0 Å². The monoisotopic (exact) mass is 289 g/mol. The van der Waals surface area contributed by atoms with Gasteiger partial charge >= 0.3 is 5.97 Å². The van der Waals surface area contributed by atoms with Gasteiger partial charge in [-0.1, -0.05) is 25.1 Å². The molecule has 1 heterocycles. The summed E-state index contributed by atoms with van der Waals surface area (Å²) in [4.78, 5) is 23.6. The van der Waals surface area contributed by atoms with E-state index in [1.165, 1.54) is 0 Å². The van der Waals surface area contributed by atoms with Crippen molar-refractivity contribution >= 4 is 28.9 Å². The van der Waals surface area contributed by atoms with Gasteiger partial charge in [0.2, 0.25) is 0 Å². The summed E-state index contributed by atoms with van der Waals surface area (Å²) in [6, 6.07) is 7.32. The van der Waals surface area contributed by atoms with Gasteiger partial charge in [0.25, 0.3) is 5.91 Å². The molecule has 20 heavy (non-hydrogen) atoms. The second kappa shape index (κ2) is 5.88. The topological polar surface area (TPSA) is 66.4 Å². The predicted molar refractivity (Wildman–Crippen MR) is 79.8 cm³/mol. The van der Waals surface area contributed by atoms with Crippen LogP contribution in [0.1, 0.15) is 38.1 Å². The molecule has 1 aromatic heterocycles. The molecule has 4 nitrogen and oxygen atoms in total.